The molecule has 0 saturated carbocycles. The molecule has 1 N–H and O–H groups in total. The number of anilines is 2. The van der Waals surface area contributed by atoms with E-state index in [1.165, 1.54) is 16.1 Å². The average molecular weight is 453 g/mol. The summed E-state index contributed by atoms with van der Waals surface area (Å²) in [6, 6.07) is 21.7. The molecule has 0 atom stereocenters. The smallest absolute Gasteiger partial charge is 0.255 e. The van der Waals surface area contributed by atoms with Crippen molar-refractivity contribution in [3.05, 3.63) is 89.5 Å². The van der Waals surface area contributed by atoms with E-state index >= 15 is 0 Å². The summed E-state index contributed by atoms with van der Waals surface area (Å²) >= 11 is 0. The zero-order valence-electron chi connectivity index (χ0n) is 18.5. The first-order valence-electron chi connectivity index (χ1n) is 10.5. The lowest BCUT2D eigenvalue weighted by atomic mass is 10.1. The van der Waals surface area contributed by atoms with Crippen molar-refractivity contribution in [2.45, 2.75) is 26.8 Å². The van der Waals surface area contributed by atoms with E-state index in [2.05, 4.69) is 12.2 Å². The van der Waals surface area contributed by atoms with E-state index in [0.717, 1.165) is 17.7 Å². The number of aryl methyl sites for hydroxylation is 1. The van der Waals surface area contributed by atoms with E-state index < -0.39 is 10.0 Å². The fourth-order valence-electron chi connectivity index (χ4n) is 3.28. The Balaban J connectivity index is 1.77. The highest BCUT2D eigenvalue weighted by molar-refractivity contribution is 7.92. The quantitative estimate of drug-likeness (QED) is 0.503. The van der Waals surface area contributed by atoms with E-state index in [-0.39, 0.29) is 12.5 Å². The Morgan fingerprint density at radius 3 is 2.12 bits per heavy atom. The van der Waals surface area contributed by atoms with Gasteiger partial charge in [-0.1, -0.05) is 43.3 Å². The largest absolute Gasteiger partial charge is 0.492 e. The number of ether oxygens (including phenoxy) is 1. The summed E-state index contributed by atoms with van der Waals surface area (Å²) in [6.45, 7) is 4.49. The Morgan fingerprint density at radius 2 is 1.53 bits per heavy atom. The van der Waals surface area contributed by atoms with Crippen molar-refractivity contribution < 1.29 is 17.9 Å². The second-order valence-electron chi connectivity index (χ2n) is 7.37. The molecule has 3 aromatic carbocycles. The number of benzene rings is 3. The monoisotopic (exact) mass is 452 g/mol. The topological polar surface area (TPSA) is 75.7 Å². The van der Waals surface area contributed by atoms with Gasteiger partial charge in [0.05, 0.1) is 25.1 Å². The first-order valence-corrected chi connectivity index (χ1v) is 12.4. The van der Waals surface area contributed by atoms with Gasteiger partial charge in [0.25, 0.3) is 5.91 Å². The molecule has 0 radical (unpaired) electrons. The molecule has 0 unspecified atom stereocenters. The number of carbonyl (C=O) groups excluding carboxylic acids is 1. The van der Waals surface area contributed by atoms with Crippen molar-refractivity contribution in [3.8, 4) is 5.75 Å². The van der Waals surface area contributed by atoms with Gasteiger partial charge in [-0.25, -0.2) is 8.42 Å². The van der Waals surface area contributed by atoms with Gasteiger partial charge in [-0.05, 0) is 60.9 Å². The molecule has 0 aliphatic carbocycles. The number of sulfonamides is 1. The Hall–Kier alpha value is -3.32. The molecule has 6 nitrogen and oxygen atoms in total. The lowest BCUT2D eigenvalue weighted by molar-refractivity contribution is 0.102. The predicted octanol–water partition coefficient (Wildman–Crippen LogP) is 4.87. The predicted molar refractivity (Wildman–Crippen MR) is 129 cm³/mol. The number of carbonyl (C=O) groups is 1. The van der Waals surface area contributed by atoms with Crippen LogP contribution in [0.25, 0.3) is 0 Å². The minimum absolute atomic E-state index is 0.128. The third-order valence-electron chi connectivity index (χ3n) is 5.00. The average Bonchev–Trinajstić information content (AvgIpc) is 2.78. The molecular formula is C25H28N2O4S. The van der Waals surface area contributed by atoms with Crippen LogP contribution in [0.3, 0.4) is 0 Å². The first kappa shape index (κ1) is 23.3. The zero-order valence-corrected chi connectivity index (χ0v) is 19.4. The van der Waals surface area contributed by atoms with E-state index in [1.807, 2.05) is 31.2 Å². The van der Waals surface area contributed by atoms with Crippen molar-refractivity contribution in [1.82, 2.24) is 0 Å². The highest BCUT2D eigenvalue weighted by Gasteiger charge is 2.21. The molecule has 3 aromatic rings. The number of hydrogen-bond donors (Lipinski definition) is 1. The molecule has 1 amide bonds. The molecule has 7 heteroatoms. The van der Waals surface area contributed by atoms with Crippen LogP contribution in [0, 0.1) is 0 Å². The van der Waals surface area contributed by atoms with E-state index in [1.54, 1.807) is 48.5 Å². The van der Waals surface area contributed by atoms with Crippen LogP contribution >= 0.6 is 0 Å². The van der Waals surface area contributed by atoms with Crippen molar-refractivity contribution in [1.29, 1.82) is 0 Å². The van der Waals surface area contributed by atoms with Gasteiger partial charge >= 0.3 is 0 Å². The lowest BCUT2D eigenvalue weighted by Crippen LogP contribution is -2.29. The van der Waals surface area contributed by atoms with Crippen molar-refractivity contribution >= 4 is 27.3 Å². The highest BCUT2D eigenvalue weighted by Crippen LogP contribution is 2.31. The number of nitrogens with zero attached hydrogens (tertiary/aromatic N) is 1. The van der Waals surface area contributed by atoms with Gasteiger partial charge in [0, 0.05) is 11.3 Å². The van der Waals surface area contributed by atoms with Crippen LogP contribution in [0.2, 0.25) is 0 Å². The van der Waals surface area contributed by atoms with E-state index in [0.29, 0.717) is 23.6 Å². The SMILES string of the molecule is CCOc1ccccc1N(Cc1ccc(C(=O)Nc2ccc(CC)cc2)cc1)S(C)(=O)=O. The van der Waals surface area contributed by atoms with Crippen LogP contribution in [0.1, 0.15) is 35.3 Å². The summed E-state index contributed by atoms with van der Waals surface area (Å²) in [5.41, 5.74) is 3.66. The minimum Gasteiger partial charge on any atom is -0.492 e. The van der Waals surface area contributed by atoms with Crippen LogP contribution in [-0.4, -0.2) is 27.2 Å². The Bertz CT molecular complexity index is 1160. The van der Waals surface area contributed by atoms with Gasteiger partial charge in [0.2, 0.25) is 10.0 Å². The van der Waals surface area contributed by atoms with Crippen LogP contribution in [0.5, 0.6) is 5.75 Å². The van der Waals surface area contributed by atoms with Gasteiger partial charge in [-0.3, -0.25) is 9.10 Å². The van der Waals surface area contributed by atoms with Gasteiger partial charge in [0.15, 0.2) is 0 Å². The molecule has 0 aromatic heterocycles. The molecule has 32 heavy (non-hydrogen) atoms. The summed E-state index contributed by atoms with van der Waals surface area (Å²) in [7, 11) is -3.56. The molecule has 0 bridgehead atoms. The number of amides is 1. The molecule has 0 saturated heterocycles. The van der Waals surface area contributed by atoms with Crippen LogP contribution in [0.4, 0.5) is 11.4 Å². The van der Waals surface area contributed by atoms with Crippen LogP contribution < -0.4 is 14.4 Å². The van der Waals surface area contributed by atoms with Crippen LogP contribution in [-0.2, 0) is 23.0 Å². The molecule has 0 aliphatic rings. The van der Waals surface area contributed by atoms with E-state index in [4.69, 9.17) is 4.74 Å². The maximum atomic E-state index is 12.6. The normalized spacial score (nSPS) is 11.1. The van der Waals surface area contributed by atoms with E-state index in [9.17, 15) is 13.2 Å². The van der Waals surface area contributed by atoms with Crippen LogP contribution in [0.15, 0.2) is 72.8 Å². The summed E-state index contributed by atoms with van der Waals surface area (Å²) in [4.78, 5) is 12.6. The van der Waals surface area contributed by atoms with Crippen molar-refractivity contribution in [2.24, 2.45) is 0 Å². The molecule has 0 fully saturated rings. The molecule has 0 spiro atoms. The van der Waals surface area contributed by atoms with Gasteiger partial charge in [-0.15, -0.1) is 0 Å². The lowest BCUT2D eigenvalue weighted by Gasteiger charge is -2.24. The second-order valence-corrected chi connectivity index (χ2v) is 9.28. The standard InChI is InChI=1S/C25H28N2O4S/c1-4-19-12-16-22(17-13-19)26-25(28)21-14-10-20(11-15-21)18-27(32(3,29)30)23-8-6-7-9-24(23)31-5-2/h6-17H,4-5,18H2,1-3H3,(H,26,28). The number of nitrogens with one attached hydrogen (secondary N) is 1. The van der Waals surface area contributed by atoms with Gasteiger partial charge in [0.1, 0.15) is 5.75 Å². The number of hydrogen-bond acceptors (Lipinski definition) is 4. The zero-order chi connectivity index (χ0) is 23.1. The van der Waals surface area contributed by atoms with Crippen molar-refractivity contribution in [2.75, 3.05) is 22.5 Å². The first-order chi connectivity index (χ1) is 15.3. The van der Waals surface area contributed by atoms with Gasteiger partial charge < -0.3 is 10.1 Å². The molecule has 0 heterocycles. The van der Waals surface area contributed by atoms with Gasteiger partial charge in [-0.2, -0.15) is 0 Å². The molecule has 168 valence electrons. The maximum Gasteiger partial charge on any atom is 0.255 e. The molecule has 3 rings (SSSR count). The summed E-state index contributed by atoms with van der Waals surface area (Å²) in [6.07, 6.45) is 2.11. The Labute approximate surface area is 189 Å². The fraction of sp³-hybridized carbons (Fsp3) is 0.240. The number of rotatable bonds is 9. The molecule has 0 aliphatic heterocycles. The molecular weight excluding hydrogens is 424 g/mol. The minimum atomic E-state index is -3.56. The van der Waals surface area contributed by atoms with Crippen molar-refractivity contribution in [3.63, 3.8) is 0 Å². The fourth-order valence-corrected chi connectivity index (χ4v) is 4.17. The third kappa shape index (κ3) is 5.88. The summed E-state index contributed by atoms with van der Waals surface area (Å²) in [5.74, 6) is 0.285. The second kappa shape index (κ2) is 10.3. The maximum absolute atomic E-state index is 12.6. The Morgan fingerprint density at radius 1 is 0.906 bits per heavy atom. The third-order valence-corrected chi connectivity index (χ3v) is 6.12. The highest BCUT2D eigenvalue weighted by atomic mass is 32.2. The Kier molecular flexibility index (Phi) is 7.53. The number of para-hydroxylation sites is 2. The summed E-state index contributed by atoms with van der Waals surface area (Å²) < 4.78 is 32.0. The summed E-state index contributed by atoms with van der Waals surface area (Å²) in [5, 5.41) is 2.88.